The van der Waals surface area contributed by atoms with Crippen LogP contribution < -0.4 is 4.74 Å². The molecule has 204 valence electrons. The van der Waals surface area contributed by atoms with Gasteiger partial charge in [0.15, 0.2) is 0 Å². The van der Waals surface area contributed by atoms with Crippen LogP contribution in [0.4, 0.5) is 13.2 Å². The number of halogens is 4. The first-order chi connectivity index (χ1) is 18.1. The monoisotopic (exact) mass is 568 g/mol. The second-order valence-electron chi connectivity index (χ2n) is 8.93. The molecule has 0 spiro atoms. The van der Waals surface area contributed by atoms with Crippen molar-refractivity contribution in [3.8, 4) is 5.75 Å². The summed E-state index contributed by atoms with van der Waals surface area (Å²) in [6.07, 6.45) is -4.84. The molecule has 11 heteroatoms. The van der Waals surface area contributed by atoms with Gasteiger partial charge in [0, 0.05) is 37.7 Å². The largest absolute Gasteiger partial charge is 0.497 e. The highest BCUT2D eigenvalue weighted by molar-refractivity contribution is 7.89. The Labute approximate surface area is 225 Å². The van der Waals surface area contributed by atoms with Crippen molar-refractivity contribution in [2.45, 2.75) is 23.8 Å². The van der Waals surface area contributed by atoms with Gasteiger partial charge in [-0.15, -0.1) is 0 Å². The zero-order valence-electron chi connectivity index (χ0n) is 20.7. The average molecular weight is 569 g/mol. The van der Waals surface area contributed by atoms with Crippen molar-refractivity contribution in [3.05, 3.63) is 94.5 Å². The predicted molar refractivity (Wildman–Crippen MR) is 139 cm³/mol. The number of methoxy groups -OCH3 is 1. The molecule has 6 nitrogen and oxygen atoms in total. The van der Waals surface area contributed by atoms with E-state index < -0.39 is 21.8 Å². The Bertz CT molecular complexity index is 1330. The van der Waals surface area contributed by atoms with Crippen molar-refractivity contribution in [2.75, 3.05) is 39.8 Å². The molecule has 3 aromatic carbocycles. The van der Waals surface area contributed by atoms with Crippen LogP contribution in [0.5, 0.6) is 5.75 Å². The summed E-state index contributed by atoms with van der Waals surface area (Å²) in [5.41, 5.74) is 0.965. The lowest BCUT2D eigenvalue weighted by Gasteiger charge is -2.36. The van der Waals surface area contributed by atoms with Gasteiger partial charge in [-0.05, 0) is 59.7 Å². The Morgan fingerprint density at radius 2 is 1.63 bits per heavy atom. The summed E-state index contributed by atoms with van der Waals surface area (Å²) in [4.78, 5) is 1.96. The summed E-state index contributed by atoms with van der Waals surface area (Å²) >= 11 is 6.11. The number of sulfonamides is 1. The molecule has 38 heavy (non-hydrogen) atoms. The van der Waals surface area contributed by atoms with E-state index >= 15 is 0 Å². The van der Waals surface area contributed by atoms with Crippen LogP contribution in [0.3, 0.4) is 0 Å². The molecule has 0 saturated carbocycles. The van der Waals surface area contributed by atoms with Crippen molar-refractivity contribution in [3.63, 3.8) is 0 Å². The fourth-order valence-electron chi connectivity index (χ4n) is 4.27. The molecule has 1 fully saturated rings. The molecule has 3 aromatic rings. The minimum Gasteiger partial charge on any atom is -0.497 e. The van der Waals surface area contributed by atoms with Gasteiger partial charge in [-0.3, -0.25) is 4.90 Å². The minimum atomic E-state index is -4.53. The summed E-state index contributed by atoms with van der Waals surface area (Å²) < 4.78 is 77.6. The maximum atomic E-state index is 13.0. The number of hydrogen-bond acceptors (Lipinski definition) is 5. The van der Waals surface area contributed by atoms with Gasteiger partial charge in [-0.1, -0.05) is 35.9 Å². The summed E-state index contributed by atoms with van der Waals surface area (Å²) in [6.45, 7) is 2.17. The third-order valence-electron chi connectivity index (χ3n) is 6.38. The summed E-state index contributed by atoms with van der Waals surface area (Å²) in [6, 6.07) is 18.6. The van der Waals surface area contributed by atoms with Crippen molar-refractivity contribution < 1.29 is 31.1 Å². The number of rotatable bonds is 9. The van der Waals surface area contributed by atoms with Crippen LogP contribution in [-0.2, 0) is 27.5 Å². The number of ether oxygens (including phenoxy) is 2. The molecule has 1 aliphatic heterocycles. The molecule has 0 aromatic heterocycles. The van der Waals surface area contributed by atoms with Gasteiger partial charge < -0.3 is 9.47 Å². The summed E-state index contributed by atoms with van der Waals surface area (Å²) in [5, 5.41) is 0.620. The maximum absolute atomic E-state index is 13.0. The van der Waals surface area contributed by atoms with Crippen LogP contribution >= 0.6 is 11.6 Å². The van der Waals surface area contributed by atoms with Gasteiger partial charge >= 0.3 is 6.18 Å². The van der Waals surface area contributed by atoms with Crippen LogP contribution in [-0.4, -0.2) is 57.5 Å². The van der Waals surface area contributed by atoms with Gasteiger partial charge in [0.25, 0.3) is 0 Å². The molecular formula is C27H28ClF3N2O4S. The number of nitrogens with zero attached hydrogens (tertiary/aromatic N) is 2. The van der Waals surface area contributed by atoms with E-state index in [0.29, 0.717) is 37.0 Å². The Morgan fingerprint density at radius 3 is 2.26 bits per heavy atom. The van der Waals surface area contributed by atoms with E-state index in [1.807, 2.05) is 42.5 Å². The Kier molecular flexibility index (Phi) is 9.00. The zero-order chi connectivity index (χ0) is 27.3. The molecule has 0 radical (unpaired) electrons. The molecule has 1 heterocycles. The fraction of sp³-hybridized carbons (Fsp3) is 0.333. The fourth-order valence-corrected chi connectivity index (χ4v) is 5.91. The van der Waals surface area contributed by atoms with Crippen molar-refractivity contribution in [2.24, 2.45) is 0 Å². The topological polar surface area (TPSA) is 59.1 Å². The number of alkyl halides is 3. The lowest BCUT2D eigenvalue weighted by atomic mass is 10.1. The molecule has 0 bridgehead atoms. The minimum absolute atomic E-state index is 0.155. The molecule has 1 atom stereocenters. The van der Waals surface area contributed by atoms with Gasteiger partial charge in [-0.25, -0.2) is 8.42 Å². The molecular weight excluding hydrogens is 541 g/mol. The van der Waals surface area contributed by atoms with E-state index in [1.165, 1.54) is 4.31 Å². The van der Waals surface area contributed by atoms with Gasteiger partial charge in [0.05, 0.1) is 30.3 Å². The highest BCUT2D eigenvalue weighted by Crippen LogP contribution is 2.31. The Hall–Kier alpha value is -2.63. The van der Waals surface area contributed by atoms with Crippen molar-refractivity contribution in [1.82, 2.24) is 9.21 Å². The third-order valence-corrected chi connectivity index (χ3v) is 8.53. The number of hydrogen-bond donors (Lipinski definition) is 0. The van der Waals surface area contributed by atoms with Crippen LogP contribution in [0.25, 0.3) is 0 Å². The molecule has 0 aliphatic carbocycles. The highest BCUT2D eigenvalue weighted by Gasteiger charge is 2.33. The summed E-state index contributed by atoms with van der Waals surface area (Å²) in [7, 11) is -2.31. The van der Waals surface area contributed by atoms with E-state index in [9.17, 15) is 21.6 Å². The first kappa shape index (κ1) is 28.4. The van der Waals surface area contributed by atoms with Crippen LogP contribution in [0.2, 0.25) is 5.02 Å². The van der Waals surface area contributed by atoms with Gasteiger partial charge in [-0.2, -0.15) is 17.5 Å². The summed E-state index contributed by atoms with van der Waals surface area (Å²) in [5.74, 6) is 0.700. The lowest BCUT2D eigenvalue weighted by Crippen LogP contribution is -2.49. The first-order valence-corrected chi connectivity index (χ1v) is 13.8. The van der Waals surface area contributed by atoms with E-state index in [-0.39, 0.29) is 24.1 Å². The second kappa shape index (κ2) is 12.0. The Morgan fingerprint density at radius 1 is 0.947 bits per heavy atom. The van der Waals surface area contributed by atoms with Gasteiger partial charge in [0.2, 0.25) is 10.0 Å². The number of piperazine rings is 1. The zero-order valence-corrected chi connectivity index (χ0v) is 22.3. The standard InChI is InChI=1S/C27H28ClF3N2O4S/c1-36-24-7-3-5-21(17-24)26(37-19-20-4-2-6-23(28)16-20)18-32-12-14-33(15-13-32)38(34,35)25-10-8-22(9-11-25)27(29,30)31/h2-11,16-17,26H,12-15,18-19H2,1H3. The van der Waals surface area contributed by atoms with E-state index in [2.05, 4.69) is 4.90 Å². The van der Waals surface area contributed by atoms with Crippen LogP contribution in [0.1, 0.15) is 22.8 Å². The molecule has 1 unspecified atom stereocenters. The Balaban J connectivity index is 1.43. The third kappa shape index (κ3) is 7.06. The van der Waals surface area contributed by atoms with Gasteiger partial charge in [0.1, 0.15) is 5.75 Å². The predicted octanol–water partition coefficient (Wildman–Crippen LogP) is 5.63. The van der Waals surface area contributed by atoms with Crippen molar-refractivity contribution >= 4 is 21.6 Å². The molecule has 1 aliphatic rings. The first-order valence-electron chi connectivity index (χ1n) is 12.0. The van der Waals surface area contributed by atoms with E-state index in [4.69, 9.17) is 21.1 Å². The van der Waals surface area contributed by atoms with Crippen LogP contribution in [0.15, 0.2) is 77.7 Å². The number of benzene rings is 3. The quantitative estimate of drug-likeness (QED) is 0.335. The van der Waals surface area contributed by atoms with Crippen molar-refractivity contribution in [1.29, 1.82) is 0 Å². The lowest BCUT2D eigenvalue weighted by molar-refractivity contribution is -0.137. The second-order valence-corrected chi connectivity index (χ2v) is 11.3. The molecule has 0 amide bonds. The smallest absolute Gasteiger partial charge is 0.416 e. The highest BCUT2D eigenvalue weighted by atomic mass is 35.5. The molecule has 1 saturated heterocycles. The average Bonchev–Trinajstić information content (AvgIpc) is 2.91. The maximum Gasteiger partial charge on any atom is 0.416 e. The van der Waals surface area contributed by atoms with Crippen LogP contribution in [0, 0.1) is 0 Å². The molecule has 4 rings (SSSR count). The normalized spacial score (nSPS) is 16.3. The van der Waals surface area contributed by atoms with E-state index in [0.717, 1.165) is 35.4 Å². The molecule has 0 N–H and O–H groups in total. The van der Waals surface area contributed by atoms with E-state index in [1.54, 1.807) is 13.2 Å². The SMILES string of the molecule is COc1cccc(C(CN2CCN(S(=O)(=O)c3ccc(C(F)(F)F)cc3)CC2)OCc2cccc(Cl)c2)c1.